The van der Waals surface area contributed by atoms with Crippen LogP contribution in [0.25, 0.3) is 0 Å². The highest BCUT2D eigenvalue weighted by molar-refractivity contribution is 6.30. The minimum absolute atomic E-state index is 0.466. The summed E-state index contributed by atoms with van der Waals surface area (Å²) < 4.78 is 5.43. The molecule has 0 aliphatic heterocycles. The number of ether oxygens (including phenoxy) is 1. The quantitative estimate of drug-likeness (QED) is 0.797. The first-order chi connectivity index (χ1) is 10.1. The summed E-state index contributed by atoms with van der Waals surface area (Å²) in [6.45, 7) is 1.94. The molecule has 0 amide bonds. The van der Waals surface area contributed by atoms with Crippen LogP contribution >= 0.6 is 11.6 Å². The Kier molecular flexibility index (Phi) is 3.72. The largest absolute Gasteiger partial charge is 0.495 e. The molecule has 1 fully saturated rings. The first-order valence-electron chi connectivity index (χ1n) is 7.02. The third-order valence-electron chi connectivity index (χ3n) is 3.78. The van der Waals surface area contributed by atoms with Crippen molar-refractivity contribution in [1.29, 1.82) is 0 Å². The molecular weight excluding hydrogens is 286 g/mol. The van der Waals surface area contributed by atoms with E-state index in [4.69, 9.17) is 21.3 Å². The fourth-order valence-electron chi connectivity index (χ4n) is 2.37. The number of anilines is 2. The average Bonchev–Trinajstić information content (AvgIpc) is 3.34. The second kappa shape index (κ2) is 5.53. The summed E-state index contributed by atoms with van der Waals surface area (Å²) in [6, 6.07) is 7.87. The minimum Gasteiger partial charge on any atom is -0.495 e. The van der Waals surface area contributed by atoms with Gasteiger partial charge in [-0.25, -0.2) is 9.97 Å². The lowest BCUT2D eigenvalue weighted by Crippen LogP contribution is -2.15. The van der Waals surface area contributed by atoms with Crippen molar-refractivity contribution in [3.63, 3.8) is 0 Å². The molecular formula is C16H18ClN3O. The van der Waals surface area contributed by atoms with Crippen molar-refractivity contribution in [3.05, 3.63) is 40.8 Å². The third-order valence-corrected chi connectivity index (χ3v) is 4.15. The van der Waals surface area contributed by atoms with Gasteiger partial charge in [-0.3, -0.25) is 0 Å². The van der Waals surface area contributed by atoms with Crippen LogP contribution in [0.3, 0.4) is 0 Å². The van der Waals surface area contributed by atoms with Crippen LogP contribution in [0.2, 0.25) is 5.15 Å². The van der Waals surface area contributed by atoms with Gasteiger partial charge in [-0.1, -0.05) is 23.7 Å². The van der Waals surface area contributed by atoms with Gasteiger partial charge in [0.2, 0.25) is 0 Å². The fourth-order valence-corrected chi connectivity index (χ4v) is 2.54. The molecule has 0 unspecified atom stereocenters. The van der Waals surface area contributed by atoms with E-state index in [0.29, 0.717) is 11.1 Å². The number of para-hydroxylation sites is 2. The van der Waals surface area contributed by atoms with Crippen molar-refractivity contribution in [2.24, 2.45) is 0 Å². The lowest BCUT2D eigenvalue weighted by molar-refractivity contribution is 0.415. The maximum absolute atomic E-state index is 6.29. The van der Waals surface area contributed by atoms with Gasteiger partial charge >= 0.3 is 0 Å². The van der Waals surface area contributed by atoms with Crippen molar-refractivity contribution in [3.8, 4) is 5.75 Å². The Morgan fingerprint density at radius 3 is 2.62 bits per heavy atom. The molecule has 4 nitrogen and oxygen atoms in total. The zero-order chi connectivity index (χ0) is 15.0. The van der Waals surface area contributed by atoms with Gasteiger partial charge in [-0.2, -0.15) is 0 Å². The summed E-state index contributed by atoms with van der Waals surface area (Å²) in [6.07, 6.45) is 2.30. The molecule has 110 valence electrons. The van der Waals surface area contributed by atoms with Crippen LogP contribution in [0.5, 0.6) is 5.75 Å². The zero-order valence-electron chi connectivity index (χ0n) is 12.4. The lowest BCUT2D eigenvalue weighted by atomic mass is 10.2. The molecule has 5 heteroatoms. The molecule has 0 spiro atoms. The summed E-state index contributed by atoms with van der Waals surface area (Å²) in [5.41, 5.74) is 1.84. The monoisotopic (exact) mass is 303 g/mol. The Bertz CT molecular complexity index is 671. The number of nitrogens with zero attached hydrogens (tertiary/aromatic N) is 3. The summed E-state index contributed by atoms with van der Waals surface area (Å²) in [4.78, 5) is 11.1. The molecule has 1 heterocycles. The predicted molar refractivity (Wildman–Crippen MR) is 84.8 cm³/mol. The van der Waals surface area contributed by atoms with Crippen molar-refractivity contribution in [2.45, 2.75) is 25.7 Å². The first kappa shape index (κ1) is 14.1. The molecule has 1 aromatic heterocycles. The topological polar surface area (TPSA) is 38.2 Å². The maximum Gasteiger partial charge on any atom is 0.142 e. The van der Waals surface area contributed by atoms with E-state index in [1.165, 1.54) is 0 Å². The fraction of sp³-hybridized carbons (Fsp3) is 0.375. The van der Waals surface area contributed by atoms with Crippen LogP contribution in [0, 0.1) is 6.92 Å². The molecule has 0 saturated heterocycles. The van der Waals surface area contributed by atoms with Crippen LogP contribution in [0.4, 0.5) is 11.5 Å². The van der Waals surface area contributed by atoms with Gasteiger partial charge < -0.3 is 9.64 Å². The van der Waals surface area contributed by atoms with Crippen LogP contribution in [0.1, 0.15) is 30.1 Å². The standard InChI is InChI=1S/C16H18ClN3O/c1-10-14(17)18-15(11-8-9-11)19-16(10)20(2)12-6-4-5-7-13(12)21-3/h4-7,11H,8-9H2,1-3H3. The zero-order valence-corrected chi connectivity index (χ0v) is 13.2. The number of hydrogen-bond acceptors (Lipinski definition) is 4. The molecule has 1 aromatic carbocycles. The van der Waals surface area contributed by atoms with E-state index in [1.54, 1.807) is 7.11 Å². The van der Waals surface area contributed by atoms with Crippen LogP contribution in [-0.2, 0) is 0 Å². The van der Waals surface area contributed by atoms with Crippen LogP contribution < -0.4 is 9.64 Å². The normalized spacial score (nSPS) is 14.1. The number of benzene rings is 1. The Morgan fingerprint density at radius 1 is 1.24 bits per heavy atom. The van der Waals surface area contributed by atoms with Crippen LogP contribution in [0.15, 0.2) is 24.3 Å². The summed E-state index contributed by atoms with van der Waals surface area (Å²) in [5.74, 6) is 2.96. The Hall–Kier alpha value is -1.81. The highest BCUT2D eigenvalue weighted by atomic mass is 35.5. The van der Waals surface area contributed by atoms with E-state index in [9.17, 15) is 0 Å². The van der Waals surface area contributed by atoms with Gasteiger partial charge in [0, 0.05) is 18.5 Å². The number of halogens is 1. The van der Waals surface area contributed by atoms with Gasteiger partial charge in [0.15, 0.2) is 0 Å². The number of methoxy groups -OCH3 is 1. The summed E-state index contributed by atoms with van der Waals surface area (Å²) in [5, 5.41) is 0.531. The maximum atomic E-state index is 6.29. The highest BCUT2D eigenvalue weighted by Gasteiger charge is 2.29. The van der Waals surface area contributed by atoms with Gasteiger partial charge in [-0.15, -0.1) is 0 Å². The van der Waals surface area contributed by atoms with Crippen LogP contribution in [-0.4, -0.2) is 24.1 Å². The van der Waals surface area contributed by atoms with E-state index < -0.39 is 0 Å². The molecule has 1 aliphatic carbocycles. The van der Waals surface area contributed by atoms with Crippen molar-refractivity contribution < 1.29 is 4.74 Å². The molecule has 0 N–H and O–H groups in total. The number of aromatic nitrogens is 2. The van der Waals surface area contributed by atoms with Crippen molar-refractivity contribution >= 4 is 23.1 Å². The molecule has 0 atom stereocenters. The molecule has 3 rings (SSSR count). The Balaban J connectivity index is 2.06. The van der Waals surface area contributed by atoms with Crippen molar-refractivity contribution in [1.82, 2.24) is 9.97 Å². The van der Waals surface area contributed by atoms with E-state index in [0.717, 1.165) is 41.5 Å². The number of rotatable bonds is 4. The van der Waals surface area contributed by atoms with E-state index in [2.05, 4.69) is 4.98 Å². The van der Waals surface area contributed by atoms with E-state index >= 15 is 0 Å². The highest BCUT2D eigenvalue weighted by Crippen LogP contribution is 2.41. The van der Waals surface area contributed by atoms with Gasteiger partial charge in [0.1, 0.15) is 22.5 Å². The summed E-state index contributed by atoms with van der Waals surface area (Å²) in [7, 11) is 3.64. The average molecular weight is 304 g/mol. The molecule has 21 heavy (non-hydrogen) atoms. The first-order valence-corrected chi connectivity index (χ1v) is 7.40. The second-order valence-electron chi connectivity index (χ2n) is 5.33. The second-order valence-corrected chi connectivity index (χ2v) is 5.68. The lowest BCUT2D eigenvalue weighted by Gasteiger charge is -2.23. The SMILES string of the molecule is COc1ccccc1N(C)c1nc(C2CC2)nc(Cl)c1C. The smallest absolute Gasteiger partial charge is 0.142 e. The van der Waals surface area contributed by atoms with E-state index in [-0.39, 0.29) is 0 Å². The summed E-state index contributed by atoms with van der Waals surface area (Å²) >= 11 is 6.29. The van der Waals surface area contributed by atoms with Gasteiger partial charge in [0.25, 0.3) is 0 Å². The predicted octanol–water partition coefficient (Wildman–Crippen LogP) is 4.09. The third kappa shape index (κ3) is 2.68. The molecule has 1 saturated carbocycles. The van der Waals surface area contributed by atoms with Crippen molar-refractivity contribution in [2.75, 3.05) is 19.1 Å². The Morgan fingerprint density at radius 2 is 1.95 bits per heavy atom. The Labute approximate surface area is 129 Å². The molecule has 0 radical (unpaired) electrons. The minimum atomic E-state index is 0.466. The van der Waals surface area contributed by atoms with Gasteiger partial charge in [0.05, 0.1) is 12.8 Å². The molecule has 1 aliphatic rings. The van der Waals surface area contributed by atoms with E-state index in [1.807, 2.05) is 43.1 Å². The van der Waals surface area contributed by atoms with Gasteiger partial charge in [-0.05, 0) is 31.9 Å². The molecule has 0 bridgehead atoms. The molecule has 2 aromatic rings. The number of hydrogen-bond donors (Lipinski definition) is 0.